The molecular formula is C15H32N4O. The van der Waals surface area contributed by atoms with Crippen LogP contribution in [0.15, 0.2) is 0 Å². The van der Waals surface area contributed by atoms with Gasteiger partial charge in [-0.25, -0.2) is 0 Å². The van der Waals surface area contributed by atoms with Gasteiger partial charge in [0.1, 0.15) is 0 Å². The largest absolute Gasteiger partial charge is 0.368 e. The standard InChI is InChI=1S/C15H32N4O/c1-6-17-14(2,13(16)20)10-11-19(5)12-15(18(3)4)8-7-9-15/h17H,6-12H2,1-5H3,(H2,16,20). The Labute approximate surface area is 123 Å². The number of carbonyl (C=O) groups is 1. The summed E-state index contributed by atoms with van der Waals surface area (Å²) in [7, 11) is 6.47. The van der Waals surface area contributed by atoms with E-state index in [1.54, 1.807) is 0 Å². The zero-order chi connectivity index (χ0) is 15.4. The third-order valence-electron chi connectivity index (χ3n) is 4.90. The molecule has 1 aliphatic carbocycles. The smallest absolute Gasteiger partial charge is 0.237 e. The van der Waals surface area contributed by atoms with Gasteiger partial charge >= 0.3 is 0 Å². The first-order valence-corrected chi connectivity index (χ1v) is 7.67. The van der Waals surface area contributed by atoms with Crippen molar-refractivity contribution in [1.29, 1.82) is 0 Å². The lowest BCUT2D eigenvalue weighted by Gasteiger charge is -2.49. The maximum absolute atomic E-state index is 11.6. The number of rotatable bonds is 9. The summed E-state index contributed by atoms with van der Waals surface area (Å²) in [6, 6.07) is 0. The fraction of sp³-hybridized carbons (Fsp3) is 0.933. The van der Waals surface area contributed by atoms with E-state index in [4.69, 9.17) is 5.73 Å². The molecule has 0 radical (unpaired) electrons. The van der Waals surface area contributed by atoms with Crippen LogP contribution in [0.25, 0.3) is 0 Å². The molecule has 3 N–H and O–H groups in total. The molecule has 5 heteroatoms. The number of hydrogen-bond donors (Lipinski definition) is 2. The molecule has 0 saturated heterocycles. The topological polar surface area (TPSA) is 61.6 Å². The molecule has 1 unspecified atom stereocenters. The van der Waals surface area contributed by atoms with E-state index in [1.807, 2.05) is 13.8 Å². The first kappa shape index (κ1) is 17.4. The minimum Gasteiger partial charge on any atom is -0.368 e. The van der Waals surface area contributed by atoms with Crippen LogP contribution in [0.5, 0.6) is 0 Å². The second-order valence-electron chi connectivity index (χ2n) is 6.69. The van der Waals surface area contributed by atoms with Crippen LogP contribution in [0.1, 0.15) is 39.5 Å². The summed E-state index contributed by atoms with van der Waals surface area (Å²) in [5.41, 5.74) is 5.25. The normalized spacial score (nSPS) is 20.8. The molecule has 0 aromatic heterocycles. The van der Waals surface area contributed by atoms with Crippen molar-refractivity contribution in [3.8, 4) is 0 Å². The maximum Gasteiger partial charge on any atom is 0.237 e. The number of nitrogens with zero attached hydrogens (tertiary/aromatic N) is 2. The van der Waals surface area contributed by atoms with Crippen molar-refractivity contribution in [2.24, 2.45) is 5.73 Å². The van der Waals surface area contributed by atoms with E-state index in [-0.39, 0.29) is 5.91 Å². The molecule has 1 rings (SSSR count). The SMILES string of the molecule is CCNC(C)(CCN(C)CC1(N(C)C)CCC1)C(N)=O. The van der Waals surface area contributed by atoms with Gasteiger partial charge < -0.3 is 20.9 Å². The highest BCUT2D eigenvalue weighted by Gasteiger charge is 2.40. The Morgan fingerprint density at radius 2 is 1.95 bits per heavy atom. The van der Waals surface area contributed by atoms with Gasteiger partial charge in [-0.2, -0.15) is 0 Å². The minimum absolute atomic E-state index is 0.265. The first-order chi connectivity index (χ1) is 9.26. The molecule has 20 heavy (non-hydrogen) atoms. The Balaban J connectivity index is 2.50. The van der Waals surface area contributed by atoms with Crippen molar-refractivity contribution in [2.75, 3.05) is 40.8 Å². The van der Waals surface area contributed by atoms with Crippen molar-refractivity contribution in [2.45, 2.75) is 50.6 Å². The molecule has 1 atom stereocenters. The van der Waals surface area contributed by atoms with E-state index < -0.39 is 5.54 Å². The average molecular weight is 284 g/mol. The summed E-state index contributed by atoms with van der Waals surface area (Å²) in [5.74, 6) is -0.265. The number of likely N-dealkylation sites (N-methyl/N-ethyl adjacent to an activating group) is 3. The second-order valence-corrected chi connectivity index (χ2v) is 6.69. The Kier molecular flexibility index (Phi) is 5.98. The number of nitrogens with two attached hydrogens (primary N) is 1. The lowest BCUT2D eigenvalue weighted by atomic mass is 9.75. The van der Waals surface area contributed by atoms with Crippen LogP contribution in [0, 0.1) is 0 Å². The van der Waals surface area contributed by atoms with E-state index >= 15 is 0 Å². The highest BCUT2D eigenvalue weighted by Crippen LogP contribution is 2.36. The van der Waals surface area contributed by atoms with Crippen LogP contribution in [0.4, 0.5) is 0 Å². The van der Waals surface area contributed by atoms with Crippen LogP contribution in [0.3, 0.4) is 0 Å². The van der Waals surface area contributed by atoms with Crippen molar-refractivity contribution in [1.82, 2.24) is 15.1 Å². The summed E-state index contributed by atoms with van der Waals surface area (Å²) in [6.45, 7) is 6.59. The van der Waals surface area contributed by atoms with Gasteiger partial charge in [0.2, 0.25) is 5.91 Å². The van der Waals surface area contributed by atoms with Gasteiger partial charge in [-0.05, 0) is 60.3 Å². The molecule has 0 aliphatic heterocycles. The number of nitrogens with one attached hydrogen (secondary N) is 1. The van der Waals surface area contributed by atoms with Crippen LogP contribution < -0.4 is 11.1 Å². The molecule has 0 aromatic carbocycles. The number of amides is 1. The first-order valence-electron chi connectivity index (χ1n) is 7.67. The molecular weight excluding hydrogens is 252 g/mol. The second kappa shape index (κ2) is 6.87. The molecule has 118 valence electrons. The summed E-state index contributed by atoms with van der Waals surface area (Å²) < 4.78 is 0. The quantitative estimate of drug-likeness (QED) is 0.652. The molecule has 5 nitrogen and oxygen atoms in total. The van der Waals surface area contributed by atoms with Gasteiger partial charge in [0.05, 0.1) is 5.54 Å². The van der Waals surface area contributed by atoms with Gasteiger partial charge in [-0.1, -0.05) is 6.92 Å². The Morgan fingerprint density at radius 3 is 2.30 bits per heavy atom. The lowest BCUT2D eigenvalue weighted by Crippen LogP contribution is -2.58. The van der Waals surface area contributed by atoms with Crippen LogP contribution in [-0.2, 0) is 4.79 Å². The molecule has 0 heterocycles. The fourth-order valence-corrected chi connectivity index (χ4v) is 3.02. The monoisotopic (exact) mass is 284 g/mol. The zero-order valence-electron chi connectivity index (χ0n) is 13.8. The van der Waals surface area contributed by atoms with E-state index in [1.165, 1.54) is 19.3 Å². The molecule has 1 fully saturated rings. The van der Waals surface area contributed by atoms with Crippen molar-refractivity contribution < 1.29 is 4.79 Å². The highest BCUT2D eigenvalue weighted by atomic mass is 16.1. The maximum atomic E-state index is 11.6. The molecule has 0 aromatic rings. The minimum atomic E-state index is -0.603. The van der Waals surface area contributed by atoms with Crippen LogP contribution in [0.2, 0.25) is 0 Å². The molecule has 0 bridgehead atoms. The molecule has 0 spiro atoms. The molecule has 1 amide bonds. The Hall–Kier alpha value is -0.650. The van der Waals surface area contributed by atoms with E-state index in [2.05, 4.69) is 36.3 Å². The highest BCUT2D eigenvalue weighted by molar-refractivity contribution is 5.84. The number of carbonyl (C=O) groups excluding carboxylic acids is 1. The summed E-state index contributed by atoms with van der Waals surface area (Å²) in [4.78, 5) is 16.3. The predicted octanol–water partition coefficient (Wildman–Crippen LogP) is 0.646. The zero-order valence-corrected chi connectivity index (χ0v) is 13.8. The Morgan fingerprint density at radius 1 is 1.35 bits per heavy atom. The van der Waals surface area contributed by atoms with Crippen molar-refractivity contribution >= 4 is 5.91 Å². The van der Waals surface area contributed by atoms with Crippen LogP contribution in [-0.4, -0.2) is 67.6 Å². The van der Waals surface area contributed by atoms with Gasteiger partial charge in [0.25, 0.3) is 0 Å². The van der Waals surface area contributed by atoms with E-state index in [0.29, 0.717) is 5.54 Å². The van der Waals surface area contributed by atoms with Gasteiger partial charge in [-0.3, -0.25) is 4.79 Å². The predicted molar refractivity (Wildman–Crippen MR) is 83.7 cm³/mol. The molecule has 1 saturated carbocycles. The van der Waals surface area contributed by atoms with Gasteiger partial charge in [0, 0.05) is 18.6 Å². The summed E-state index contributed by atoms with van der Waals surface area (Å²) in [6.07, 6.45) is 4.61. The summed E-state index contributed by atoms with van der Waals surface area (Å²) in [5, 5.41) is 3.22. The van der Waals surface area contributed by atoms with Crippen LogP contribution >= 0.6 is 0 Å². The third kappa shape index (κ3) is 3.93. The van der Waals surface area contributed by atoms with Gasteiger partial charge in [-0.15, -0.1) is 0 Å². The third-order valence-corrected chi connectivity index (χ3v) is 4.90. The average Bonchev–Trinajstić information content (AvgIpc) is 2.31. The lowest BCUT2D eigenvalue weighted by molar-refractivity contribution is -0.124. The van der Waals surface area contributed by atoms with E-state index in [9.17, 15) is 4.79 Å². The Bertz CT molecular complexity index is 328. The fourth-order valence-electron chi connectivity index (χ4n) is 3.02. The molecule has 1 aliphatic rings. The summed E-state index contributed by atoms with van der Waals surface area (Å²) >= 11 is 0. The van der Waals surface area contributed by atoms with Crippen molar-refractivity contribution in [3.05, 3.63) is 0 Å². The van der Waals surface area contributed by atoms with Gasteiger partial charge in [0.15, 0.2) is 0 Å². The van der Waals surface area contributed by atoms with E-state index in [0.717, 1.165) is 26.1 Å². The number of primary amides is 1. The number of hydrogen-bond acceptors (Lipinski definition) is 4. The van der Waals surface area contributed by atoms with Crippen molar-refractivity contribution in [3.63, 3.8) is 0 Å².